The number of nitrogens with two attached hydrogens (primary N) is 1. The Labute approximate surface area is 125 Å². The number of halogens is 1. The second-order valence-electron chi connectivity index (χ2n) is 5.29. The minimum Gasteiger partial charge on any atom is -0.320 e. The van der Waals surface area contributed by atoms with Gasteiger partial charge in [0.05, 0.1) is 18.1 Å². The molecule has 1 aromatic carbocycles. The SMILES string of the molecule is CC1CS(=O)(=O)CCN1Cc1cc(F)cc(C#CCN)c1. The normalized spacial score (nSPS) is 21.6. The summed E-state index contributed by atoms with van der Waals surface area (Å²) in [7, 11) is -2.94. The highest BCUT2D eigenvalue weighted by atomic mass is 32.2. The summed E-state index contributed by atoms with van der Waals surface area (Å²) in [5.74, 6) is 5.49. The van der Waals surface area contributed by atoms with Crippen molar-refractivity contribution < 1.29 is 12.8 Å². The lowest BCUT2D eigenvalue weighted by Crippen LogP contribution is -2.46. The Morgan fingerprint density at radius 3 is 2.86 bits per heavy atom. The van der Waals surface area contributed by atoms with E-state index in [2.05, 4.69) is 16.7 Å². The van der Waals surface area contributed by atoms with E-state index in [1.165, 1.54) is 12.1 Å². The van der Waals surface area contributed by atoms with Gasteiger partial charge in [-0.2, -0.15) is 0 Å². The molecule has 1 fully saturated rings. The topological polar surface area (TPSA) is 63.4 Å². The van der Waals surface area contributed by atoms with Gasteiger partial charge in [-0.05, 0) is 30.7 Å². The molecule has 1 aliphatic rings. The molecule has 0 radical (unpaired) electrons. The maximum atomic E-state index is 13.6. The first-order valence-electron chi connectivity index (χ1n) is 6.82. The third-order valence-electron chi connectivity index (χ3n) is 3.49. The molecule has 21 heavy (non-hydrogen) atoms. The third kappa shape index (κ3) is 4.53. The summed E-state index contributed by atoms with van der Waals surface area (Å²) in [6, 6.07) is 4.59. The van der Waals surface area contributed by atoms with Gasteiger partial charge < -0.3 is 5.73 Å². The quantitative estimate of drug-likeness (QED) is 0.819. The van der Waals surface area contributed by atoms with Crippen molar-refractivity contribution in [2.75, 3.05) is 24.6 Å². The predicted molar refractivity (Wildman–Crippen MR) is 80.9 cm³/mol. The first-order chi connectivity index (χ1) is 9.89. The van der Waals surface area contributed by atoms with E-state index in [1.807, 2.05) is 13.0 Å². The molecule has 1 saturated heterocycles. The molecular formula is C15H19FN2O2S. The molecule has 0 aliphatic carbocycles. The molecule has 2 N–H and O–H groups in total. The fourth-order valence-electron chi connectivity index (χ4n) is 2.47. The van der Waals surface area contributed by atoms with Gasteiger partial charge in [-0.25, -0.2) is 12.8 Å². The molecule has 6 heteroatoms. The second kappa shape index (κ2) is 6.56. The van der Waals surface area contributed by atoms with Gasteiger partial charge in [-0.1, -0.05) is 11.8 Å². The summed E-state index contributed by atoms with van der Waals surface area (Å²) in [5.41, 5.74) is 6.70. The van der Waals surface area contributed by atoms with Crippen LogP contribution in [0.5, 0.6) is 0 Å². The van der Waals surface area contributed by atoms with Gasteiger partial charge in [0.25, 0.3) is 0 Å². The van der Waals surface area contributed by atoms with E-state index in [9.17, 15) is 12.8 Å². The van der Waals surface area contributed by atoms with Crippen LogP contribution in [-0.2, 0) is 16.4 Å². The maximum absolute atomic E-state index is 13.6. The maximum Gasteiger partial charge on any atom is 0.153 e. The van der Waals surface area contributed by atoms with Crippen molar-refractivity contribution >= 4 is 9.84 Å². The number of hydrogen-bond acceptors (Lipinski definition) is 4. The standard InChI is InChI=1S/C15H19FN2O2S/c1-12-11-21(19,20)6-5-18(12)10-14-7-13(3-2-4-17)8-15(16)9-14/h7-9,12H,4-6,10-11,17H2,1H3. The monoisotopic (exact) mass is 310 g/mol. The van der Waals surface area contributed by atoms with Gasteiger partial charge in [0.2, 0.25) is 0 Å². The van der Waals surface area contributed by atoms with Crippen LogP contribution >= 0.6 is 0 Å². The van der Waals surface area contributed by atoms with Gasteiger partial charge in [0.1, 0.15) is 5.82 Å². The van der Waals surface area contributed by atoms with Crippen LogP contribution in [0.1, 0.15) is 18.1 Å². The largest absolute Gasteiger partial charge is 0.320 e. The molecule has 4 nitrogen and oxygen atoms in total. The Balaban J connectivity index is 2.14. The van der Waals surface area contributed by atoms with Crippen molar-refractivity contribution in [1.29, 1.82) is 0 Å². The summed E-state index contributed by atoms with van der Waals surface area (Å²) < 4.78 is 36.8. The fourth-order valence-corrected chi connectivity index (χ4v) is 4.09. The van der Waals surface area contributed by atoms with Crippen molar-refractivity contribution in [3.63, 3.8) is 0 Å². The molecule has 2 rings (SSSR count). The van der Waals surface area contributed by atoms with E-state index in [1.54, 1.807) is 0 Å². The molecule has 1 aliphatic heterocycles. The molecule has 0 bridgehead atoms. The number of benzene rings is 1. The lowest BCUT2D eigenvalue weighted by molar-refractivity contribution is 0.218. The lowest BCUT2D eigenvalue weighted by atomic mass is 10.1. The van der Waals surface area contributed by atoms with Crippen LogP contribution in [0.4, 0.5) is 4.39 Å². The van der Waals surface area contributed by atoms with Crippen LogP contribution in [0, 0.1) is 17.7 Å². The van der Waals surface area contributed by atoms with Crippen LogP contribution < -0.4 is 5.73 Å². The Morgan fingerprint density at radius 1 is 1.43 bits per heavy atom. The van der Waals surface area contributed by atoms with Crippen molar-refractivity contribution in [1.82, 2.24) is 4.90 Å². The molecular weight excluding hydrogens is 291 g/mol. The number of sulfone groups is 1. The number of nitrogens with zero attached hydrogens (tertiary/aromatic N) is 1. The van der Waals surface area contributed by atoms with Gasteiger partial charge in [-0.3, -0.25) is 4.90 Å². The molecule has 0 amide bonds. The van der Waals surface area contributed by atoms with E-state index in [4.69, 9.17) is 5.73 Å². The Hall–Kier alpha value is -1.42. The van der Waals surface area contributed by atoms with E-state index in [0.717, 1.165) is 5.56 Å². The predicted octanol–water partition coefficient (Wildman–Crippen LogP) is 0.755. The summed E-state index contributed by atoms with van der Waals surface area (Å²) in [6.45, 7) is 3.10. The first-order valence-corrected chi connectivity index (χ1v) is 8.64. The van der Waals surface area contributed by atoms with E-state index in [0.29, 0.717) is 18.7 Å². The zero-order chi connectivity index (χ0) is 15.5. The number of rotatable bonds is 2. The Morgan fingerprint density at radius 2 is 2.19 bits per heavy atom. The molecule has 114 valence electrons. The minimum atomic E-state index is -2.94. The highest BCUT2D eigenvalue weighted by Crippen LogP contribution is 2.17. The van der Waals surface area contributed by atoms with E-state index < -0.39 is 9.84 Å². The van der Waals surface area contributed by atoms with Gasteiger partial charge >= 0.3 is 0 Å². The summed E-state index contributed by atoms with van der Waals surface area (Å²) in [5, 5.41) is 0. The zero-order valence-corrected chi connectivity index (χ0v) is 12.8. The highest BCUT2D eigenvalue weighted by molar-refractivity contribution is 7.91. The molecule has 1 atom stereocenters. The molecule has 1 heterocycles. The van der Waals surface area contributed by atoms with E-state index >= 15 is 0 Å². The average molecular weight is 310 g/mol. The van der Waals surface area contributed by atoms with Crippen molar-refractivity contribution in [2.24, 2.45) is 5.73 Å². The third-order valence-corrected chi connectivity index (χ3v) is 5.28. The van der Waals surface area contributed by atoms with Crippen molar-refractivity contribution in [2.45, 2.75) is 19.5 Å². The van der Waals surface area contributed by atoms with Crippen LogP contribution in [0.25, 0.3) is 0 Å². The second-order valence-corrected chi connectivity index (χ2v) is 7.52. The Kier molecular flexibility index (Phi) is 4.99. The van der Waals surface area contributed by atoms with Crippen LogP contribution in [0.15, 0.2) is 18.2 Å². The number of hydrogen-bond donors (Lipinski definition) is 1. The van der Waals surface area contributed by atoms with Crippen LogP contribution in [0.2, 0.25) is 0 Å². The van der Waals surface area contributed by atoms with Crippen LogP contribution in [0.3, 0.4) is 0 Å². The van der Waals surface area contributed by atoms with Crippen molar-refractivity contribution in [3.8, 4) is 11.8 Å². The lowest BCUT2D eigenvalue weighted by Gasteiger charge is -2.33. The fraction of sp³-hybridized carbons (Fsp3) is 0.467. The van der Waals surface area contributed by atoms with Gasteiger partial charge in [0, 0.05) is 24.7 Å². The Bertz CT molecular complexity index is 677. The zero-order valence-electron chi connectivity index (χ0n) is 12.0. The molecule has 0 saturated carbocycles. The minimum absolute atomic E-state index is 0.0643. The van der Waals surface area contributed by atoms with Crippen LogP contribution in [-0.4, -0.2) is 44.0 Å². The highest BCUT2D eigenvalue weighted by Gasteiger charge is 2.27. The first kappa shape index (κ1) is 16.0. The van der Waals surface area contributed by atoms with Crippen molar-refractivity contribution in [3.05, 3.63) is 35.1 Å². The molecule has 1 aromatic rings. The summed E-state index contributed by atoms with van der Waals surface area (Å²) in [6.07, 6.45) is 0. The van der Waals surface area contributed by atoms with Gasteiger partial charge in [0.15, 0.2) is 9.84 Å². The smallest absolute Gasteiger partial charge is 0.153 e. The summed E-state index contributed by atoms with van der Waals surface area (Å²) in [4.78, 5) is 2.05. The van der Waals surface area contributed by atoms with Gasteiger partial charge in [-0.15, -0.1) is 0 Å². The summed E-state index contributed by atoms with van der Waals surface area (Å²) >= 11 is 0. The molecule has 0 spiro atoms. The average Bonchev–Trinajstić information content (AvgIpc) is 2.38. The van der Waals surface area contributed by atoms with E-state index in [-0.39, 0.29) is 29.9 Å². The molecule has 0 aromatic heterocycles. The molecule has 1 unspecified atom stereocenters.